The fraction of sp³-hybridized carbons (Fsp3) is 0.160. The smallest absolute Gasteiger partial charge is 0.295 e. The zero-order valence-corrected chi connectivity index (χ0v) is 19.1. The number of ether oxygens (including phenoxy) is 2. The Morgan fingerprint density at radius 2 is 1.85 bits per heavy atom. The van der Waals surface area contributed by atoms with E-state index in [2.05, 4.69) is 4.98 Å². The first kappa shape index (κ1) is 23.1. The third-order valence-electron chi connectivity index (χ3n) is 5.53. The Labute approximate surface area is 200 Å². The summed E-state index contributed by atoms with van der Waals surface area (Å²) in [5.74, 6) is -1.72. The number of aromatic hydroxyl groups is 1. The fourth-order valence-electron chi connectivity index (χ4n) is 3.96. The van der Waals surface area contributed by atoms with Crippen molar-refractivity contribution in [2.75, 3.05) is 14.2 Å². The van der Waals surface area contributed by atoms with E-state index in [0.29, 0.717) is 11.1 Å². The van der Waals surface area contributed by atoms with E-state index in [9.17, 15) is 19.8 Å². The van der Waals surface area contributed by atoms with E-state index in [-0.39, 0.29) is 40.0 Å². The van der Waals surface area contributed by atoms with E-state index in [4.69, 9.17) is 21.1 Å². The van der Waals surface area contributed by atoms with Crippen LogP contribution in [-0.2, 0) is 16.1 Å². The van der Waals surface area contributed by atoms with Gasteiger partial charge < -0.3 is 24.6 Å². The van der Waals surface area contributed by atoms with Gasteiger partial charge in [0.25, 0.3) is 11.7 Å². The molecule has 4 rings (SSSR count). The monoisotopic (exact) mass is 480 g/mol. The number of nitrogens with zero attached hydrogens (tertiary/aromatic N) is 2. The van der Waals surface area contributed by atoms with Crippen LogP contribution in [0, 0.1) is 0 Å². The van der Waals surface area contributed by atoms with E-state index in [0.717, 1.165) is 0 Å². The summed E-state index contributed by atoms with van der Waals surface area (Å²) in [5, 5.41) is 21.7. The number of halogens is 1. The summed E-state index contributed by atoms with van der Waals surface area (Å²) in [4.78, 5) is 31.8. The number of hydrogen-bond acceptors (Lipinski definition) is 7. The second-order valence-corrected chi connectivity index (χ2v) is 7.98. The molecule has 174 valence electrons. The zero-order valence-electron chi connectivity index (χ0n) is 18.4. The van der Waals surface area contributed by atoms with E-state index in [1.165, 1.54) is 43.4 Å². The van der Waals surface area contributed by atoms with Crippen LogP contribution in [0.5, 0.6) is 17.2 Å². The number of hydrogen-bond donors (Lipinski definition) is 2. The molecular weight excluding hydrogens is 460 g/mol. The van der Waals surface area contributed by atoms with Crippen LogP contribution in [0.3, 0.4) is 0 Å². The third-order valence-corrected chi connectivity index (χ3v) is 5.83. The quantitative estimate of drug-likeness (QED) is 0.311. The van der Waals surface area contributed by atoms with E-state index >= 15 is 0 Å². The second kappa shape index (κ2) is 9.44. The molecule has 2 heterocycles. The number of likely N-dealkylation sites (tertiary alicyclic amines) is 1. The van der Waals surface area contributed by atoms with Crippen molar-refractivity contribution in [2.45, 2.75) is 12.6 Å². The first-order valence-corrected chi connectivity index (χ1v) is 10.6. The number of aliphatic hydroxyl groups excluding tert-OH is 1. The molecule has 8 nitrogen and oxygen atoms in total. The maximum absolute atomic E-state index is 13.2. The largest absolute Gasteiger partial charge is 0.508 e. The molecule has 1 aliphatic heterocycles. The zero-order chi connectivity index (χ0) is 24.4. The number of phenolic OH excluding ortho intramolecular Hbond substituents is 1. The molecular formula is C25H21ClN2O6. The molecule has 0 radical (unpaired) electrons. The van der Waals surface area contributed by atoms with Gasteiger partial charge in [0.1, 0.15) is 23.0 Å². The minimum absolute atomic E-state index is 0.0461. The van der Waals surface area contributed by atoms with Crippen LogP contribution in [0.1, 0.15) is 22.7 Å². The van der Waals surface area contributed by atoms with Gasteiger partial charge in [-0.25, -0.2) is 0 Å². The molecule has 0 aliphatic carbocycles. The second-order valence-electron chi connectivity index (χ2n) is 7.57. The standard InChI is InChI=1S/C25H21ClN2O6/c1-33-19-11-18(26)20(34-2)10-17(19)23(30)21-22(15-6-3-7-16(29)9-15)28(25(32)24(21)31)13-14-5-4-8-27-12-14/h3-12,22,29-30H,13H2,1-2H3/b23-21+. The number of amides is 1. The number of pyridine rings is 1. The van der Waals surface area contributed by atoms with Crippen molar-refractivity contribution in [1.29, 1.82) is 0 Å². The van der Waals surface area contributed by atoms with E-state index in [1.807, 2.05) is 0 Å². The lowest BCUT2D eigenvalue weighted by Crippen LogP contribution is -2.29. The summed E-state index contributed by atoms with van der Waals surface area (Å²) in [5.41, 5.74) is 1.13. The van der Waals surface area contributed by atoms with Crippen molar-refractivity contribution in [3.8, 4) is 17.2 Å². The predicted molar refractivity (Wildman–Crippen MR) is 125 cm³/mol. The van der Waals surface area contributed by atoms with Crippen molar-refractivity contribution in [3.63, 3.8) is 0 Å². The molecule has 1 unspecified atom stereocenters. The van der Waals surface area contributed by atoms with Crippen LogP contribution in [0.15, 0.2) is 66.5 Å². The molecule has 3 aromatic rings. The van der Waals surface area contributed by atoms with Gasteiger partial charge in [-0.1, -0.05) is 29.8 Å². The Morgan fingerprint density at radius 3 is 2.50 bits per heavy atom. The number of rotatable bonds is 6. The average molecular weight is 481 g/mol. The Morgan fingerprint density at radius 1 is 1.09 bits per heavy atom. The molecule has 2 N–H and O–H groups in total. The summed E-state index contributed by atoms with van der Waals surface area (Å²) >= 11 is 6.19. The van der Waals surface area contributed by atoms with Crippen LogP contribution in [0.4, 0.5) is 0 Å². The summed E-state index contributed by atoms with van der Waals surface area (Å²) in [6.07, 6.45) is 3.19. The molecule has 1 atom stereocenters. The van der Waals surface area contributed by atoms with Gasteiger partial charge >= 0.3 is 0 Å². The first-order chi connectivity index (χ1) is 16.3. The molecule has 1 amide bonds. The Hall–Kier alpha value is -4.04. The summed E-state index contributed by atoms with van der Waals surface area (Å²) in [6.45, 7) is 0.0661. The molecule has 0 bridgehead atoms. The summed E-state index contributed by atoms with van der Waals surface area (Å²) in [6, 6.07) is 11.6. The fourth-order valence-corrected chi connectivity index (χ4v) is 4.19. The lowest BCUT2D eigenvalue weighted by Gasteiger charge is -2.25. The molecule has 1 fully saturated rings. The van der Waals surface area contributed by atoms with Gasteiger partial charge in [-0.3, -0.25) is 14.6 Å². The van der Waals surface area contributed by atoms with E-state index < -0.39 is 23.5 Å². The van der Waals surface area contributed by atoms with Gasteiger partial charge in [-0.05, 0) is 35.4 Å². The van der Waals surface area contributed by atoms with Crippen LogP contribution < -0.4 is 9.47 Å². The van der Waals surface area contributed by atoms with Gasteiger partial charge in [0.15, 0.2) is 0 Å². The lowest BCUT2D eigenvalue weighted by atomic mass is 9.94. The van der Waals surface area contributed by atoms with Crippen molar-refractivity contribution in [1.82, 2.24) is 9.88 Å². The Bertz CT molecular complexity index is 1290. The molecule has 2 aromatic carbocycles. The maximum atomic E-state index is 13.2. The highest BCUT2D eigenvalue weighted by molar-refractivity contribution is 6.46. The number of aromatic nitrogens is 1. The van der Waals surface area contributed by atoms with Crippen LogP contribution in [0.2, 0.25) is 5.02 Å². The van der Waals surface area contributed by atoms with Crippen molar-refractivity contribution >= 4 is 29.1 Å². The topological polar surface area (TPSA) is 109 Å². The number of carbonyl (C=O) groups is 2. The van der Waals surface area contributed by atoms with Crippen molar-refractivity contribution in [2.24, 2.45) is 0 Å². The highest BCUT2D eigenvalue weighted by Crippen LogP contribution is 2.44. The minimum Gasteiger partial charge on any atom is -0.508 e. The molecule has 0 saturated carbocycles. The molecule has 34 heavy (non-hydrogen) atoms. The minimum atomic E-state index is -0.973. The molecule has 1 aromatic heterocycles. The maximum Gasteiger partial charge on any atom is 0.295 e. The normalized spacial score (nSPS) is 17.1. The Kier molecular flexibility index (Phi) is 6.43. The van der Waals surface area contributed by atoms with Gasteiger partial charge in [0.2, 0.25) is 0 Å². The Balaban J connectivity index is 1.93. The van der Waals surface area contributed by atoms with Crippen LogP contribution in [-0.4, -0.2) is 46.0 Å². The highest BCUT2D eigenvalue weighted by Gasteiger charge is 2.46. The predicted octanol–water partition coefficient (Wildman–Crippen LogP) is 4.08. The number of Topliss-reactive ketones (excluding diaryl/α,β-unsaturated/α-hetero) is 1. The van der Waals surface area contributed by atoms with Gasteiger partial charge in [0, 0.05) is 25.0 Å². The van der Waals surface area contributed by atoms with Gasteiger partial charge in [-0.15, -0.1) is 0 Å². The highest BCUT2D eigenvalue weighted by atomic mass is 35.5. The molecule has 0 spiro atoms. The summed E-state index contributed by atoms with van der Waals surface area (Å²) < 4.78 is 10.6. The number of ketones is 1. The number of phenols is 1. The van der Waals surface area contributed by atoms with Crippen LogP contribution in [0.25, 0.3) is 5.76 Å². The number of aliphatic hydroxyl groups is 1. The van der Waals surface area contributed by atoms with Crippen molar-refractivity contribution in [3.05, 3.63) is 88.2 Å². The number of benzene rings is 2. The third kappa shape index (κ3) is 4.15. The molecule has 9 heteroatoms. The number of carbonyl (C=O) groups excluding carboxylic acids is 2. The SMILES string of the molecule is COc1cc(/C(O)=C2\C(=O)C(=O)N(Cc3cccnc3)C2c2cccc(O)c2)c(OC)cc1Cl. The summed E-state index contributed by atoms with van der Waals surface area (Å²) in [7, 11) is 2.81. The molecule has 1 aliphatic rings. The lowest BCUT2D eigenvalue weighted by molar-refractivity contribution is -0.140. The average Bonchev–Trinajstić information content (AvgIpc) is 3.09. The number of methoxy groups -OCH3 is 2. The van der Waals surface area contributed by atoms with Crippen LogP contribution >= 0.6 is 11.6 Å². The van der Waals surface area contributed by atoms with E-state index in [1.54, 1.807) is 36.7 Å². The first-order valence-electron chi connectivity index (χ1n) is 10.2. The van der Waals surface area contributed by atoms with Gasteiger partial charge in [-0.2, -0.15) is 0 Å². The van der Waals surface area contributed by atoms with Crippen molar-refractivity contribution < 1.29 is 29.3 Å². The molecule has 1 saturated heterocycles. The van der Waals surface area contributed by atoms with Gasteiger partial charge in [0.05, 0.1) is 36.4 Å².